The van der Waals surface area contributed by atoms with Gasteiger partial charge in [-0.05, 0) is 18.4 Å². The molecule has 19 heavy (non-hydrogen) atoms. The van der Waals surface area contributed by atoms with E-state index in [0.717, 1.165) is 0 Å². The Hall–Kier alpha value is -1.43. The van der Waals surface area contributed by atoms with E-state index >= 15 is 0 Å². The highest BCUT2D eigenvalue weighted by Gasteiger charge is 2.29. The zero-order valence-electron chi connectivity index (χ0n) is 10.4. The summed E-state index contributed by atoms with van der Waals surface area (Å²) in [6.45, 7) is 0.130. The lowest BCUT2D eigenvalue weighted by Gasteiger charge is -2.09. The van der Waals surface area contributed by atoms with Crippen molar-refractivity contribution in [2.75, 3.05) is 11.5 Å². The average Bonchev–Trinajstić information content (AvgIpc) is 2.67. The first-order chi connectivity index (χ1) is 8.96. The number of nitrogens with one attached hydrogen (secondary N) is 1. The Kier molecular flexibility index (Phi) is 4.19. The third kappa shape index (κ3) is 4.02. The minimum atomic E-state index is -2.95. The largest absolute Gasteiger partial charge is 0.352 e. The highest BCUT2D eigenvalue weighted by molar-refractivity contribution is 7.91. The number of carbonyl (C=O) groups excluding carboxylic acids is 1. The van der Waals surface area contributed by atoms with E-state index in [1.807, 2.05) is 0 Å². The number of halogens is 1. The van der Waals surface area contributed by atoms with Crippen LogP contribution in [0.4, 0.5) is 4.39 Å². The van der Waals surface area contributed by atoms with E-state index in [2.05, 4.69) is 5.32 Å². The molecule has 1 fully saturated rings. The van der Waals surface area contributed by atoms with Gasteiger partial charge in [0.2, 0.25) is 5.91 Å². The average molecular weight is 285 g/mol. The fraction of sp³-hybridized carbons (Fsp3) is 0.462. The Bertz CT molecular complexity index is 571. The summed E-state index contributed by atoms with van der Waals surface area (Å²) in [6, 6.07) is 6.23. The molecule has 4 nitrogen and oxygen atoms in total. The summed E-state index contributed by atoms with van der Waals surface area (Å²) in [7, 11) is -2.95. The van der Waals surface area contributed by atoms with Crippen LogP contribution in [0, 0.1) is 11.7 Å². The Balaban J connectivity index is 1.81. The van der Waals surface area contributed by atoms with E-state index in [4.69, 9.17) is 0 Å². The first-order valence-electron chi connectivity index (χ1n) is 6.17. The lowest BCUT2D eigenvalue weighted by atomic mass is 10.0. The summed E-state index contributed by atoms with van der Waals surface area (Å²) in [5, 5.41) is 2.62. The van der Waals surface area contributed by atoms with Crippen molar-refractivity contribution in [1.29, 1.82) is 0 Å². The molecular weight excluding hydrogens is 269 g/mol. The molecule has 1 atom stereocenters. The predicted molar refractivity (Wildman–Crippen MR) is 69.6 cm³/mol. The van der Waals surface area contributed by atoms with Crippen molar-refractivity contribution < 1.29 is 17.6 Å². The maximum atomic E-state index is 13.3. The van der Waals surface area contributed by atoms with E-state index in [1.54, 1.807) is 18.2 Å². The fourth-order valence-electron chi connectivity index (χ4n) is 2.20. The molecule has 2 rings (SSSR count). The van der Waals surface area contributed by atoms with Crippen LogP contribution >= 0.6 is 0 Å². The van der Waals surface area contributed by atoms with Gasteiger partial charge in [0.05, 0.1) is 11.5 Å². The molecular formula is C13H16FNO3S. The molecule has 1 aromatic rings. The minimum absolute atomic E-state index is 0.0835. The normalized spacial score (nSPS) is 21.2. The first kappa shape index (κ1) is 14.0. The van der Waals surface area contributed by atoms with Gasteiger partial charge in [0.15, 0.2) is 9.84 Å². The van der Waals surface area contributed by atoms with Crippen molar-refractivity contribution >= 4 is 15.7 Å². The van der Waals surface area contributed by atoms with Gasteiger partial charge >= 0.3 is 0 Å². The van der Waals surface area contributed by atoms with Crippen LogP contribution in [0.1, 0.15) is 18.4 Å². The number of sulfone groups is 1. The van der Waals surface area contributed by atoms with Crippen molar-refractivity contribution in [1.82, 2.24) is 5.32 Å². The molecule has 0 radical (unpaired) electrons. The highest BCUT2D eigenvalue weighted by atomic mass is 32.2. The Morgan fingerprint density at radius 1 is 1.37 bits per heavy atom. The molecule has 1 N–H and O–H groups in total. The standard InChI is InChI=1S/C13H16FNO3S/c14-12-4-2-1-3-11(12)8-15-13(16)7-10-5-6-19(17,18)9-10/h1-4,10H,5-9H2,(H,15,16)/t10-/m0/s1. The fourth-order valence-corrected chi connectivity index (χ4v) is 4.06. The van der Waals surface area contributed by atoms with E-state index in [1.165, 1.54) is 6.07 Å². The smallest absolute Gasteiger partial charge is 0.220 e. The number of hydrogen-bond acceptors (Lipinski definition) is 3. The summed E-state index contributed by atoms with van der Waals surface area (Å²) in [6.07, 6.45) is 0.725. The van der Waals surface area contributed by atoms with Crippen molar-refractivity contribution in [3.63, 3.8) is 0 Å². The lowest BCUT2D eigenvalue weighted by Crippen LogP contribution is -2.25. The molecule has 1 heterocycles. The van der Waals surface area contributed by atoms with Crippen LogP contribution in [0.2, 0.25) is 0 Å². The second kappa shape index (κ2) is 5.69. The van der Waals surface area contributed by atoms with Crippen molar-refractivity contribution in [2.24, 2.45) is 5.92 Å². The molecule has 1 aliphatic rings. The Morgan fingerprint density at radius 2 is 2.11 bits per heavy atom. The number of carbonyl (C=O) groups is 1. The second-order valence-corrected chi connectivity index (χ2v) is 7.07. The van der Waals surface area contributed by atoms with E-state index < -0.39 is 9.84 Å². The molecule has 1 aliphatic heterocycles. The zero-order chi connectivity index (χ0) is 13.9. The van der Waals surface area contributed by atoms with Gasteiger partial charge in [0.25, 0.3) is 0 Å². The molecule has 1 amide bonds. The molecule has 0 unspecified atom stereocenters. The second-order valence-electron chi connectivity index (χ2n) is 4.84. The zero-order valence-corrected chi connectivity index (χ0v) is 11.2. The summed E-state index contributed by atoms with van der Waals surface area (Å²) in [5.41, 5.74) is 0.426. The summed E-state index contributed by atoms with van der Waals surface area (Å²) in [5.74, 6) is -0.444. The maximum Gasteiger partial charge on any atom is 0.220 e. The monoisotopic (exact) mass is 285 g/mol. The molecule has 104 valence electrons. The highest BCUT2D eigenvalue weighted by Crippen LogP contribution is 2.21. The number of amides is 1. The molecule has 0 aliphatic carbocycles. The summed E-state index contributed by atoms with van der Waals surface area (Å²) < 4.78 is 35.8. The van der Waals surface area contributed by atoms with Crippen LogP contribution in [0.5, 0.6) is 0 Å². The quantitative estimate of drug-likeness (QED) is 0.906. The van der Waals surface area contributed by atoms with E-state index in [-0.39, 0.29) is 42.1 Å². The Morgan fingerprint density at radius 3 is 2.74 bits per heavy atom. The van der Waals surface area contributed by atoms with E-state index in [9.17, 15) is 17.6 Å². The van der Waals surface area contributed by atoms with Gasteiger partial charge in [-0.15, -0.1) is 0 Å². The molecule has 0 saturated carbocycles. The predicted octanol–water partition coefficient (Wildman–Crippen LogP) is 1.27. The lowest BCUT2D eigenvalue weighted by molar-refractivity contribution is -0.122. The topological polar surface area (TPSA) is 63.2 Å². The van der Waals surface area contributed by atoms with Gasteiger partial charge in [-0.2, -0.15) is 0 Å². The summed E-state index contributed by atoms with van der Waals surface area (Å²) >= 11 is 0. The van der Waals surface area contributed by atoms with Gasteiger partial charge in [-0.3, -0.25) is 4.79 Å². The van der Waals surface area contributed by atoms with Crippen LogP contribution in [-0.4, -0.2) is 25.8 Å². The third-order valence-electron chi connectivity index (χ3n) is 3.23. The maximum absolute atomic E-state index is 13.3. The molecule has 0 spiro atoms. The van der Waals surface area contributed by atoms with Crippen LogP contribution < -0.4 is 5.32 Å². The number of benzene rings is 1. The summed E-state index contributed by atoms with van der Waals surface area (Å²) in [4.78, 5) is 11.7. The van der Waals surface area contributed by atoms with Crippen molar-refractivity contribution in [3.05, 3.63) is 35.6 Å². The van der Waals surface area contributed by atoms with Gasteiger partial charge in [0.1, 0.15) is 5.82 Å². The van der Waals surface area contributed by atoms with Crippen LogP contribution in [0.15, 0.2) is 24.3 Å². The number of rotatable bonds is 4. The van der Waals surface area contributed by atoms with Crippen LogP contribution in [0.25, 0.3) is 0 Å². The molecule has 1 saturated heterocycles. The van der Waals surface area contributed by atoms with Gasteiger partial charge in [0, 0.05) is 18.5 Å². The third-order valence-corrected chi connectivity index (χ3v) is 5.07. The Labute approximate surface area is 111 Å². The van der Waals surface area contributed by atoms with Gasteiger partial charge < -0.3 is 5.32 Å². The van der Waals surface area contributed by atoms with Gasteiger partial charge in [-0.1, -0.05) is 18.2 Å². The van der Waals surface area contributed by atoms with Crippen LogP contribution in [-0.2, 0) is 21.2 Å². The van der Waals surface area contributed by atoms with Gasteiger partial charge in [-0.25, -0.2) is 12.8 Å². The molecule has 6 heteroatoms. The SMILES string of the molecule is O=C(C[C@@H]1CCS(=O)(=O)C1)NCc1ccccc1F. The molecule has 0 aromatic heterocycles. The first-order valence-corrected chi connectivity index (χ1v) is 7.99. The molecule has 0 bridgehead atoms. The number of hydrogen-bond donors (Lipinski definition) is 1. The van der Waals surface area contributed by atoms with Crippen molar-refractivity contribution in [2.45, 2.75) is 19.4 Å². The molecule has 1 aromatic carbocycles. The van der Waals surface area contributed by atoms with Crippen LogP contribution in [0.3, 0.4) is 0 Å². The van der Waals surface area contributed by atoms with Crippen molar-refractivity contribution in [3.8, 4) is 0 Å². The minimum Gasteiger partial charge on any atom is -0.352 e. The van der Waals surface area contributed by atoms with E-state index in [0.29, 0.717) is 12.0 Å².